The van der Waals surface area contributed by atoms with E-state index in [2.05, 4.69) is 20.9 Å². The lowest BCUT2D eigenvalue weighted by Gasteiger charge is -2.10. The fourth-order valence-corrected chi connectivity index (χ4v) is 3.83. The van der Waals surface area contributed by atoms with E-state index in [9.17, 15) is 22.0 Å². The first-order valence-corrected chi connectivity index (χ1v) is 10.2. The van der Waals surface area contributed by atoms with Gasteiger partial charge in [0.1, 0.15) is 22.2 Å². The molecule has 0 atom stereocenters. The zero-order valence-electron chi connectivity index (χ0n) is 14.4. The molecule has 2 aromatic carbocycles. The molecule has 9 heteroatoms. The smallest absolute Gasteiger partial charge is 0.266 e. The van der Waals surface area contributed by atoms with Crippen LogP contribution >= 0.6 is 15.9 Å². The Morgan fingerprint density at radius 3 is 2.43 bits per heavy atom. The highest BCUT2D eigenvalue weighted by Crippen LogP contribution is 2.24. The first kappa shape index (κ1) is 20.1. The molecule has 1 N–H and O–H groups in total. The molecular weight excluding hydrogens is 454 g/mol. The van der Waals surface area contributed by atoms with Crippen molar-refractivity contribution in [3.8, 4) is 11.3 Å². The fourth-order valence-electron chi connectivity index (χ4n) is 2.41. The van der Waals surface area contributed by atoms with Gasteiger partial charge in [-0.1, -0.05) is 22.0 Å². The largest absolute Gasteiger partial charge is 0.283 e. The lowest BCUT2D eigenvalue weighted by molar-refractivity contribution is 0.0976. The molecule has 0 saturated carbocycles. The Morgan fingerprint density at radius 2 is 1.75 bits per heavy atom. The van der Waals surface area contributed by atoms with Gasteiger partial charge in [0.2, 0.25) is 0 Å². The molecule has 144 valence electrons. The molecule has 0 saturated heterocycles. The summed E-state index contributed by atoms with van der Waals surface area (Å²) in [6, 6.07) is 12.0. The van der Waals surface area contributed by atoms with E-state index in [4.69, 9.17) is 0 Å². The van der Waals surface area contributed by atoms with Crippen LogP contribution in [0.3, 0.4) is 0 Å². The van der Waals surface area contributed by atoms with Gasteiger partial charge < -0.3 is 0 Å². The molecule has 0 aliphatic carbocycles. The maximum absolute atomic E-state index is 14.1. The third kappa shape index (κ3) is 4.26. The number of nitrogens with zero attached hydrogens (tertiary/aromatic N) is 1. The summed E-state index contributed by atoms with van der Waals surface area (Å²) in [4.78, 5) is 15.9. The van der Waals surface area contributed by atoms with E-state index in [-0.39, 0.29) is 5.69 Å². The molecule has 3 aromatic rings. The molecule has 0 radical (unpaired) electrons. The van der Waals surface area contributed by atoms with Gasteiger partial charge in [-0.2, -0.15) is 0 Å². The number of carbonyl (C=O) groups is 1. The van der Waals surface area contributed by atoms with Crippen LogP contribution in [0.25, 0.3) is 11.3 Å². The van der Waals surface area contributed by atoms with Crippen molar-refractivity contribution in [2.45, 2.75) is 11.8 Å². The van der Waals surface area contributed by atoms with E-state index in [0.29, 0.717) is 21.3 Å². The number of aromatic nitrogens is 1. The van der Waals surface area contributed by atoms with Crippen molar-refractivity contribution in [3.05, 3.63) is 82.0 Å². The van der Waals surface area contributed by atoms with Crippen LogP contribution in [0.4, 0.5) is 8.78 Å². The zero-order valence-corrected chi connectivity index (χ0v) is 16.8. The number of hydrogen-bond acceptors (Lipinski definition) is 4. The van der Waals surface area contributed by atoms with Gasteiger partial charge >= 0.3 is 0 Å². The van der Waals surface area contributed by atoms with Gasteiger partial charge in [0, 0.05) is 10.0 Å². The minimum Gasteiger partial charge on any atom is -0.266 e. The zero-order chi connectivity index (χ0) is 20.5. The van der Waals surface area contributed by atoms with Crippen molar-refractivity contribution in [1.82, 2.24) is 9.71 Å². The van der Waals surface area contributed by atoms with Crippen molar-refractivity contribution in [2.75, 3.05) is 0 Å². The second kappa shape index (κ2) is 7.76. The molecule has 0 unspecified atom stereocenters. The van der Waals surface area contributed by atoms with Crippen molar-refractivity contribution >= 4 is 31.9 Å². The summed E-state index contributed by atoms with van der Waals surface area (Å²) in [6.07, 6.45) is 0. The Hall–Kier alpha value is -2.65. The second-order valence-electron chi connectivity index (χ2n) is 5.88. The van der Waals surface area contributed by atoms with E-state index < -0.39 is 32.5 Å². The lowest BCUT2D eigenvalue weighted by Crippen LogP contribution is -2.32. The summed E-state index contributed by atoms with van der Waals surface area (Å²) in [5.41, 5.74) is 1.22. The molecular formula is C19H13BrF2N2O3S. The molecule has 0 bridgehead atoms. The van der Waals surface area contributed by atoms with Gasteiger partial charge in [0.25, 0.3) is 15.9 Å². The summed E-state index contributed by atoms with van der Waals surface area (Å²) < 4.78 is 54.2. The van der Waals surface area contributed by atoms with Crippen molar-refractivity contribution in [2.24, 2.45) is 0 Å². The molecule has 1 heterocycles. The first-order chi connectivity index (χ1) is 13.2. The van der Waals surface area contributed by atoms with Gasteiger partial charge in [-0.25, -0.2) is 26.9 Å². The highest BCUT2D eigenvalue weighted by atomic mass is 79.9. The SMILES string of the molecule is Cc1cc(S(=O)(=O)NC(=O)c2cccc(-c3ccc(F)cc3)n2)c(F)cc1Br. The second-order valence-corrected chi connectivity index (χ2v) is 8.39. The van der Waals surface area contributed by atoms with Gasteiger partial charge in [0.05, 0.1) is 5.69 Å². The number of amides is 1. The summed E-state index contributed by atoms with van der Waals surface area (Å²) in [5.74, 6) is -2.43. The average molecular weight is 467 g/mol. The van der Waals surface area contributed by atoms with Gasteiger partial charge in [-0.05, 0) is 61.0 Å². The standard InChI is InChI=1S/C19H13BrF2N2O3S/c1-11-9-18(15(22)10-14(11)20)28(26,27)24-19(25)17-4-2-3-16(23-17)12-5-7-13(21)8-6-12/h2-10H,1H3,(H,24,25). The minimum atomic E-state index is -4.45. The van der Waals surface area contributed by atoms with Crippen molar-refractivity contribution in [3.63, 3.8) is 0 Å². The molecule has 3 rings (SSSR count). The van der Waals surface area contributed by atoms with Crippen LogP contribution in [0.15, 0.2) is 64.0 Å². The van der Waals surface area contributed by atoms with Gasteiger partial charge in [-0.3, -0.25) is 4.79 Å². The van der Waals surface area contributed by atoms with Gasteiger partial charge in [-0.15, -0.1) is 0 Å². The molecule has 5 nitrogen and oxygen atoms in total. The Bertz CT molecular complexity index is 1170. The monoisotopic (exact) mass is 466 g/mol. The Labute approximate surface area is 168 Å². The third-order valence-electron chi connectivity index (χ3n) is 3.85. The van der Waals surface area contributed by atoms with Crippen LogP contribution in [-0.2, 0) is 10.0 Å². The average Bonchev–Trinajstić information content (AvgIpc) is 2.65. The Balaban J connectivity index is 1.90. The number of benzene rings is 2. The molecule has 0 spiro atoms. The summed E-state index contributed by atoms with van der Waals surface area (Å²) in [7, 11) is -4.45. The summed E-state index contributed by atoms with van der Waals surface area (Å²) >= 11 is 3.11. The van der Waals surface area contributed by atoms with E-state index in [0.717, 1.165) is 12.1 Å². The van der Waals surface area contributed by atoms with Crippen LogP contribution in [0, 0.1) is 18.6 Å². The number of pyridine rings is 1. The predicted octanol–water partition coefficient (Wildman–Crippen LogP) is 4.22. The highest BCUT2D eigenvalue weighted by molar-refractivity contribution is 9.10. The van der Waals surface area contributed by atoms with Crippen molar-refractivity contribution < 1.29 is 22.0 Å². The number of rotatable bonds is 4. The quantitative estimate of drug-likeness (QED) is 0.624. The van der Waals surface area contributed by atoms with E-state index in [1.54, 1.807) is 13.0 Å². The fraction of sp³-hybridized carbons (Fsp3) is 0.0526. The maximum Gasteiger partial charge on any atom is 0.283 e. The lowest BCUT2D eigenvalue weighted by atomic mass is 10.1. The number of carbonyl (C=O) groups excluding carboxylic acids is 1. The molecule has 28 heavy (non-hydrogen) atoms. The summed E-state index contributed by atoms with van der Waals surface area (Å²) in [5, 5.41) is 0. The number of aryl methyl sites for hydroxylation is 1. The normalized spacial score (nSPS) is 11.3. The topological polar surface area (TPSA) is 76.1 Å². The molecule has 0 aliphatic rings. The maximum atomic E-state index is 14.1. The number of nitrogens with one attached hydrogen (secondary N) is 1. The first-order valence-electron chi connectivity index (χ1n) is 7.93. The number of halogens is 3. The van der Waals surface area contributed by atoms with E-state index in [1.165, 1.54) is 36.4 Å². The van der Waals surface area contributed by atoms with Crippen LogP contribution in [0.1, 0.15) is 16.1 Å². The molecule has 0 fully saturated rings. The molecule has 0 aliphatic heterocycles. The third-order valence-corrected chi connectivity index (χ3v) is 6.05. The minimum absolute atomic E-state index is 0.181. The van der Waals surface area contributed by atoms with Crippen LogP contribution in [-0.4, -0.2) is 19.3 Å². The Morgan fingerprint density at radius 1 is 1.07 bits per heavy atom. The predicted molar refractivity (Wildman–Crippen MR) is 103 cm³/mol. The molecule has 1 amide bonds. The Kier molecular flexibility index (Phi) is 5.57. The summed E-state index contributed by atoms with van der Waals surface area (Å²) in [6.45, 7) is 1.60. The highest BCUT2D eigenvalue weighted by Gasteiger charge is 2.24. The number of sulfonamides is 1. The van der Waals surface area contributed by atoms with Gasteiger partial charge in [0.15, 0.2) is 0 Å². The van der Waals surface area contributed by atoms with Crippen LogP contribution < -0.4 is 4.72 Å². The van der Waals surface area contributed by atoms with Crippen LogP contribution in [0.2, 0.25) is 0 Å². The van der Waals surface area contributed by atoms with E-state index in [1.807, 2.05) is 4.72 Å². The van der Waals surface area contributed by atoms with Crippen LogP contribution in [0.5, 0.6) is 0 Å². The van der Waals surface area contributed by atoms with E-state index >= 15 is 0 Å². The van der Waals surface area contributed by atoms with Crippen molar-refractivity contribution in [1.29, 1.82) is 0 Å². The number of hydrogen-bond donors (Lipinski definition) is 1. The molecule has 1 aromatic heterocycles.